The summed E-state index contributed by atoms with van der Waals surface area (Å²) in [5, 5.41) is 0. The van der Waals surface area contributed by atoms with Gasteiger partial charge in [-0.15, -0.1) is 0 Å². The number of benzene rings is 3. The molecule has 0 radical (unpaired) electrons. The molecular weight excluding hydrogens is 456 g/mol. The molecule has 0 spiro atoms. The highest BCUT2D eigenvalue weighted by Gasteiger charge is 2.31. The van der Waals surface area contributed by atoms with Crippen LogP contribution in [0.2, 0.25) is 0 Å². The molecule has 1 atom stereocenters. The number of halogens is 2. The molecule has 4 nitrogen and oxygen atoms in total. The number of amides is 1. The molecule has 1 amide bonds. The maximum Gasteiger partial charge on any atom is 0.222 e. The van der Waals surface area contributed by atoms with Gasteiger partial charge < -0.3 is 4.90 Å². The van der Waals surface area contributed by atoms with Gasteiger partial charge in [-0.1, -0.05) is 66.7 Å². The molecule has 0 saturated carbocycles. The van der Waals surface area contributed by atoms with Gasteiger partial charge in [-0.2, -0.15) is 0 Å². The van der Waals surface area contributed by atoms with E-state index in [1.165, 1.54) is 23.3 Å². The number of carbonyl (C=O) groups is 1. The molecule has 36 heavy (non-hydrogen) atoms. The van der Waals surface area contributed by atoms with Crippen molar-refractivity contribution in [1.82, 2.24) is 14.7 Å². The fraction of sp³-hybridized carbons (Fsp3) is 0.367. The molecule has 0 N–H and O–H groups in total. The lowest BCUT2D eigenvalue weighted by molar-refractivity contribution is -0.131. The minimum absolute atomic E-state index is 0.0491. The van der Waals surface area contributed by atoms with Gasteiger partial charge in [0.2, 0.25) is 5.91 Å². The highest BCUT2D eigenvalue weighted by Crippen LogP contribution is 2.30. The Labute approximate surface area is 212 Å². The quantitative estimate of drug-likeness (QED) is 0.473. The lowest BCUT2D eigenvalue weighted by Crippen LogP contribution is -2.51. The largest absolute Gasteiger partial charge is 0.338 e. The van der Waals surface area contributed by atoms with E-state index in [1.807, 2.05) is 0 Å². The van der Waals surface area contributed by atoms with E-state index in [9.17, 15) is 13.6 Å². The van der Waals surface area contributed by atoms with Crippen molar-refractivity contribution in [1.29, 1.82) is 0 Å². The molecule has 0 unspecified atom stereocenters. The standard InChI is InChI=1S/C30H33F2N3O/c31-26-12-11-25(28(32)21-26)22-35-16-15-27(13-14-29(35)36)33-17-19-34(20-18-33)30(23-7-3-1-4-8-23)24-9-5-2-6-10-24/h1-12,21,27,30H,13-20,22H2/t27-/m1/s1. The number of rotatable bonds is 6. The van der Waals surface area contributed by atoms with E-state index < -0.39 is 11.6 Å². The summed E-state index contributed by atoms with van der Waals surface area (Å²) in [7, 11) is 0. The molecule has 2 heterocycles. The number of likely N-dealkylation sites (tertiary alicyclic amines) is 1. The van der Waals surface area contributed by atoms with Gasteiger partial charge in [-0.05, 0) is 30.0 Å². The Morgan fingerprint density at radius 2 is 1.42 bits per heavy atom. The first kappa shape index (κ1) is 24.6. The van der Waals surface area contributed by atoms with E-state index in [0.29, 0.717) is 24.6 Å². The highest BCUT2D eigenvalue weighted by molar-refractivity contribution is 5.76. The molecule has 2 aliphatic rings. The molecule has 2 fully saturated rings. The van der Waals surface area contributed by atoms with Gasteiger partial charge in [-0.25, -0.2) is 8.78 Å². The van der Waals surface area contributed by atoms with Gasteiger partial charge in [-0.3, -0.25) is 14.6 Å². The van der Waals surface area contributed by atoms with Crippen LogP contribution in [0.15, 0.2) is 78.9 Å². The summed E-state index contributed by atoms with van der Waals surface area (Å²) in [4.78, 5) is 19.6. The summed E-state index contributed by atoms with van der Waals surface area (Å²) in [5.41, 5.74) is 2.98. The Morgan fingerprint density at radius 1 is 0.778 bits per heavy atom. The van der Waals surface area contributed by atoms with Crippen molar-refractivity contribution in [3.63, 3.8) is 0 Å². The maximum absolute atomic E-state index is 14.2. The second-order valence-corrected chi connectivity index (χ2v) is 9.83. The Hall–Kier alpha value is -3.09. The first-order valence-electron chi connectivity index (χ1n) is 12.9. The summed E-state index contributed by atoms with van der Waals surface area (Å²) in [5.74, 6) is -1.14. The number of carbonyl (C=O) groups excluding carboxylic acids is 1. The van der Waals surface area contributed by atoms with Crippen LogP contribution < -0.4 is 0 Å². The summed E-state index contributed by atoms with van der Waals surface area (Å²) in [6.45, 7) is 4.63. The van der Waals surface area contributed by atoms with Crippen molar-refractivity contribution in [3.05, 3.63) is 107 Å². The molecule has 5 rings (SSSR count). The van der Waals surface area contributed by atoms with E-state index in [4.69, 9.17) is 0 Å². The highest BCUT2D eigenvalue weighted by atomic mass is 19.1. The summed E-state index contributed by atoms with van der Waals surface area (Å²) in [6, 6.07) is 25.5. The minimum Gasteiger partial charge on any atom is -0.338 e. The van der Waals surface area contributed by atoms with E-state index in [0.717, 1.165) is 45.1 Å². The van der Waals surface area contributed by atoms with Crippen LogP contribution >= 0.6 is 0 Å². The van der Waals surface area contributed by atoms with Crippen molar-refractivity contribution in [2.45, 2.75) is 37.9 Å². The normalized spacial score (nSPS) is 20.0. The maximum atomic E-state index is 14.2. The van der Waals surface area contributed by atoms with Gasteiger partial charge >= 0.3 is 0 Å². The second-order valence-electron chi connectivity index (χ2n) is 9.83. The average Bonchev–Trinajstić information content (AvgIpc) is 3.09. The van der Waals surface area contributed by atoms with Crippen molar-refractivity contribution in [2.24, 2.45) is 0 Å². The summed E-state index contributed by atoms with van der Waals surface area (Å²) in [6.07, 6.45) is 2.15. The fourth-order valence-electron chi connectivity index (χ4n) is 5.66. The minimum atomic E-state index is -0.598. The van der Waals surface area contributed by atoms with Crippen LogP contribution in [0.4, 0.5) is 8.78 Å². The molecule has 188 valence electrons. The third kappa shape index (κ3) is 5.66. The molecule has 3 aromatic rings. The van der Waals surface area contributed by atoms with E-state index in [1.54, 1.807) is 4.90 Å². The van der Waals surface area contributed by atoms with Crippen LogP contribution in [0, 0.1) is 11.6 Å². The van der Waals surface area contributed by atoms with Crippen LogP contribution in [0.5, 0.6) is 0 Å². The molecule has 2 aliphatic heterocycles. The molecule has 0 aliphatic carbocycles. The predicted molar refractivity (Wildman–Crippen MR) is 137 cm³/mol. The zero-order chi connectivity index (χ0) is 24.9. The molecule has 6 heteroatoms. The fourth-order valence-corrected chi connectivity index (χ4v) is 5.66. The Balaban J connectivity index is 1.22. The van der Waals surface area contributed by atoms with E-state index in [-0.39, 0.29) is 18.5 Å². The molecule has 3 aromatic carbocycles. The summed E-state index contributed by atoms with van der Waals surface area (Å²) < 4.78 is 27.4. The van der Waals surface area contributed by atoms with Crippen molar-refractivity contribution >= 4 is 5.91 Å². The average molecular weight is 490 g/mol. The number of piperazine rings is 1. The predicted octanol–water partition coefficient (Wildman–Crippen LogP) is 5.25. The van der Waals surface area contributed by atoms with Crippen LogP contribution in [-0.2, 0) is 11.3 Å². The van der Waals surface area contributed by atoms with Crippen molar-refractivity contribution in [3.8, 4) is 0 Å². The number of hydrogen-bond acceptors (Lipinski definition) is 3. The zero-order valence-electron chi connectivity index (χ0n) is 20.5. The Kier molecular flexibility index (Phi) is 7.73. The third-order valence-corrected chi connectivity index (χ3v) is 7.61. The van der Waals surface area contributed by atoms with Gasteiger partial charge in [0.15, 0.2) is 0 Å². The number of nitrogens with zero attached hydrogens (tertiary/aromatic N) is 3. The topological polar surface area (TPSA) is 26.8 Å². The first-order valence-corrected chi connectivity index (χ1v) is 12.9. The molecule has 2 saturated heterocycles. The molecule has 0 bridgehead atoms. The van der Waals surface area contributed by atoms with Gasteiger partial charge in [0.1, 0.15) is 11.6 Å². The zero-order valence-corrected chi connectivity index (χ0v) is 20.5. The van der Waals surface area contributed by atoms with E-state index in [2.05, 4.69) is 70.5 Å². The van der Waals surface area contributed by atoms with E-state index >= 15 is 0 Å². The van der Waals surface area contributed by atoms with Crippen LogP contribution in [0.25, 0.3) is 0 Å². The van der Waals surface area contributed by atoms with Gasteiger partial charge in [0.05, 0.1) is 6.04 Å². The SMILES string of the molecule is O=C1CC[C@@H](N2CCN(C(c3ccccc3)c3ccccc3)CC2)CCN1Cc1ccc(F)cc1F. The first-order chi connectivity index (χ1) is 17.6. The third-order valence-electron chi connectivity index (χ3n) is 7.61. The lowest BCUT2D eigenvalue weighted by Gasteiger charge is -2.42. The smallest absolute Gasteiger partial charge is 0.222 e. The van der Waals surface area contributed by atoms with Crippen molar-refractivity contribution < 1.29 is 13.6 Å². The molecular formula is C30H33F2N3O. The van der Waals surface area contributed by atoms with Gasteiger partial charge in [0, 0.05) is 63.4 Å². The lowest BCUT2D eigenvalue weighted by atomic mass is 9.96. The van der Waals surface area contributed by atoms with Crippen LogP contribution in [-0.4, -0.2) is 59.4 Å². The monoisotopic (exact) mass is 489 g/mol. The van der Waals surface area contributed by atoms with Gasteiger partial charge in [0.25, 0.3) is 0 Å². The summed E-state index contributed by atoms with van der Waals surface area (Å²) >= 11 is 0. The molecule has 0 aromatic heterocycles. The van der Waals surface area contributed by atoms with Crippen molar-refractivity contribution in [2.75, 3.05) is 32.7 Å². The Bertz CT molecular complexity index is 1110. The van der Waals surface area contributed by atoms with Crippen LogP contribution in [0.3, 0.4) is 0 Å². The second kappa shape index (κ2) is 11.3. The Morgan fingerprint density at radius 3 is 2.03 bits per heavy atom. The number of hydrogen-bond donors (Lipinski definition) is 0. The van der Waals surface area contributed by atoms with Crippen LogP contribution in [0.1, 0.15) is 42.0 Å².